The Morgan fingerprint density at radius 2 is 1.47 bits per heavy atom. The van der Waals surface area contributed by atoms with Crippen LogP contribution in [0.2, 0.25) is 5.04 Å². The number of rotatable bonds is 4. The Balaban J connectivity index is 1.63. The van der Waals surface area contributed by atoms with Crippen molar-refractivity contribution in [3.8, 4) is 0 Å². The monoisotopic (exact) mass is 451 g/mol. The van der Waals surface area contributed by atoms with Crippen LogP contribution in [0.3, 0.4) is 0 Å². The molecule has 1 saturated heterocycles. The number of benzene rings is 2. The number of hydrogen-bond donors (Lipinski definition) is 0. The third kappa shape index (κ3) is 3.54. The van der Waals surface area contributed by atoms with E-state index >= 15 is 0 Å². The molecule has 32 heavy (non-hydrogen) atoms. The first-order chi connectivity index (χ1) is 15.2. The second-order valence-electron chi connectivity index (χ2n) is 10.6. The highest BCUT2D eigenvalue weighted by Gasteiger charge is 2.59. The van der Waals surface area contributed by atoms with Crippen molar-refractivity contribution in [1.29, 1.82) is 0 Å². The zero-order chi connectivity index (χ0) is 22.6. The average molecular weight is 452 g/mol. The van der Waals surface area contributed by atoms with Gasteiger partial charge in [-0.15, -0.1) is 0 Å². The van der Waals surface area contributed by atoms with Crippen LogP contribution in [-0.4, -0.2) is 44.7 Å². The van der Waals surface area contributed by atoms with Crippen LogP contribution in [0, 0.1) is 5.92 Å². The summed E-state index contributed by atoms with van der Waals surface area (Å²) in [4.78, 5) is 5.49. The van der Waals surface area contributed by atoms with Crippen LogP contribution in [0.5, 0.6) is 0 Å². The molecule has 0 amide bonds. The molecule has 2 aromatic rings. The Kier molecular flexibility index (Phi) is 5.32. The minimum absolute atomic E-state index is 0.106. The summed E-state index contributed by atoms with van der Waals surface area (Å²) < 4.78 is 20.3. The summed E-state index contributed by atoms with van der Waals surface area (Å²) in [6.45, 7) is 11.4. The molecule has 2 fully saturated rings. The highest BCUT2D eigenvalue weighted by molar-refractivity contribution is 6.99. The maximum absolute atomic E-state index is 7.43. The number of nitrogens with zero attached hydrogens (tertiary/aromatic N) is 1. The smallest absolute Gasteiger partial charge is 0.261 e. The molecule has 0 aromatic heterocycles. The molecule has 4 atom stereocenters. The lowest BCUT2D eigenvalue weighted by atomic mass is 9.82. The fraction of sp³-hybridized carbons (Fsp3) is 0.500. The topological polar surface area (TPSA) is 49.3 Å². The second kappa shape index (κ2) is 7.80. The van der Waals surface area contributed by atoms with Gasteiger partial charge in [-0.3, -0.25) is 0 Å². The van der Waals surface area contributed by atoms with Crippen LogP contribution in [0.25, 0.3) is 0 Å². The van der Waals surface area contributed by atoms with E-state index < -0.39 is 14.1 Å². The zero-order valence-corrected chi connectivity index (χ0v) is 20.6. The summed E-state index contributed by atoms with van der Waals surface area (Å²) in [5, 5.41) is 6.79. The van der Waals surface area contributed by atoms with Crippen molar-refractivity contribution in [2.24, 2.45) is 11.1 Å². The minimum Gasteiger partial charge on any atom is -0.401 e. The normalized spacial score (nSPS) is 29.1. The number of oxime groups is 1. The number of fused-ring (bicyclic) bond motifs is 3. The van der Waals surface area contributed by atoms with E-state index in [-0.39, 0.29) is 29.3 Å². The quantitative estimate of drug-likeness (QED) is 0.663. The Morgan fingerprint density at radius 1 is 0.906 bits per heavy atom. The van der Waals surface area contributed by atoms with Crippen molar-refractivity contribution in [3.05, 3.63) is 60.7 Å². The van der Waals surface area contributed by atoms with Crippen molar-refractivity contribution in [3.63, 3.8) is 0 Å². The predicted molar refractivity (Wildman–Crippen MR) is 128 cm³/mol. The van der Waals surface area contributed by atoms with Crippen LogP contribution in [0.15, 0.2) is 65.8 Å². The molecular formula is C26H33NO4Si. The van der Waals surface area contributed by atoms with Gasteiger partial charge in [-0.1, -0.05) is 86.6 Å². The van der Waals surface area contributed by atoms with Gasteiger partial charge in [0.1, 0.15) is 18.8 Å². The third-order valence-electron chi connectivity index (χ3n) is 6.95. The first-order valence-corrected chi connectivity index (χ1v) is 13.5. The molecule has 2 aliphatic heterocycles. The predicted octanol–water partition coefficient (Wildman–Crippen LogP) is 3.86. The SMILES string of the molecule is CC1(C)OC2C(O[Si](c3ccccc3)(c3ccccc3)C(C)(C)C)CC3=NOCC3C2O1. The van der Waals surface area contributed by atoms with E-state index in [1.54, 1.807) is 0 Å². The summed E-state index contributed by atoms with van der Waals surface area (Å²) in [5.74, 6) is -0.513. The van der Waals surface area contributed by atoms with Crippen molar-refractivity contribution < 1.29 is 18.7 Å². The molecule has 0 spiro atoms. The van der Waals surface area contributed by atoms with Gasteiger partial charge >= 0.3 is 0 Å². The summed E-state index contributed by atoms with van der Waals surface area (Å²) in [7, 11) is -2.72. The number of hydrogen-bond acceptors (Lipinski definition) is 5. The van der Waals surface area contributed by atoms with E-state index in [9.17, 15) is 0 Å². The van der Waals surface area contributed by atoms with Gasteiger partial charge in [-0.2, -0.15) is 0 Å². The van der Waals surface area contributed by atoms with Crippen LogP contribution >= 0.6 is 0 Å². The maximum atomic E-state index is 7.43. The highest BCUT2D eigenvalue weighted by atomic mass is 28.4. The molecule has 1 saturated carbocycles. The highest BCUT2D eigenvalue weighted by Crippen LogP contribution is 2.45. The third-order valence-corrected chi connectivity index (χ3v) is 12.0. The summed E-state index contributed by atoms with van der Waals surface area (Å²) in [6, 6.07) is 21.5. The molecule has 0 bridgehead atoms. The fourth-order valence-electron chi connectivity index (χ4n) is 5.60. The molecule has 2 aromatic carbocycles. The summed E-state index contributed by atoms with van der Waals surface area (Å²) >= 11 is 0. The van der Waals surface area contributed by atoms with Crippen molar-refractivity contribution in [2.75, 3.05) is 6.61 Å². The van der Waals surface area contributed by atoms with Gasteiger partial charge in [0.2, 0.25) is 0 Å². The maximum Gasteiger partial charge on any atom is 0.261 e. The van der Waals surface area contributed by atoms with Gasteiger partial charge in [0, 0.05) is 6.42 Å². The first kappa shape index (κ1) is 21.8. The van der Waals surface area contributed by atoms with E-state index in [1.165, 1.54) is 10.4 Å². The Bertz CT molecular complexity index is 946. The molecule has 3 aliphatic rings. The van der Waals surface area contributed by atoms with Crippen LogP contribution in [0.4, 0.5) is 0 Å². The van der Waals surface area contributed by atoms with E-state index in [4.69, 9.17) is 18.7 Å². The van der Waals surface area contributed by atoms with Crippen LogP contribution < -0.4 is 10.4 Å². The zero-order valence-electron chi connectivity index (χ0n) is 19.6. The minimum atomic E-state index is -2.72. The number of ether oxygens (including phenoxy) is 2. The lowest BCUT2D eigenvalue weighted by Crippen LogP contribution is -2.69. The lowest BCUT2D eigenvalue weighted by Gasteiger charge is -2.47. The van der Waals surface area contributed by atoms with Gasteiger partial charge in [0.25, 0.3) is 8.32 Å². The van der Waals surface area contributed by atoms with Gasteiger partial charge in [0.05, 0.1) is 17.7 Å². The van der Waals surface area contributed by atoms with E-state index in [0.29, 0.717) is 13.0 Å². The summed E-state index contributed by atoms with van der Waals surface area (Å²) in [5.41, 5.74) is 1.04. The lowest BCUT2D eigenvalue weighted by molar-refractivity contribution is -0.154. The molecule has 170 valence electrons. The molecule has 0 radical (unpaired) electrons. The standard InChI is InChI=1S/C26H33NO4Si/c1-25(2,3)32(18-12-8-6-9-13-18,19-14-10-7-11-15-19)31-22-16-21-20(17-28-27-21)23-24(22)30-26(4,5)29-23/h6-15,20,22-24H,16-17H2,1-5H3. The van der Waals surface area contributed by atoms with Gasteiger partial charge < -0.3 is 18.7 Å². The Hall–Kier alpha value is -1.99. The largest absolute Gasteiger partial charge is 0.401 e. The Labute approximate surface area is 191 Å². The van der Waals surface area contributed by atoms with Crippen molar-refractivity contribution in [1.82, 2.24) is 0 Å². The second-order valence-corrected chi connectivity index (χ2v) is 14.8. The molecular weight excluding hydrogens is 418 g/mol. The fourth-order valence-corrected chi connectivity index (χ4v) is 10.3. The molecule has 5 nitrogen and oxygen atoms in total. The molecule has 4 unspecified atom stereocenters. The van der Waals surface area contributed by atoms with Crippen LogP contribution in [0.1, 0.15) is 41.0 Å². The molecule has 5 rings (SSSR count). The Morgan fingerprint density at radius 3 is 2.03 bits per heavy atom. The molecule has 0 N–H and O–H groups in total. The van der Waals surface area contributed by atoms with Gasteiger partial charge in [0.15, 0.2) is 5.79 Å². The van der Waals surface area contributed by atoms with Crippen molar-refractivity contribution >= 4 is 24.4 Å². The van der Waals surface area contributed by atoms with Crippen molar-refractivity contribution in [2.45, 2.75) is 70.2 Å². The first-order valence-electron chi connectivity index (χ1n) is 11.5. The van der Waals surface area contributed by atoms with E-state index in [0.717, 1.165) is 5.71 Å². The van der Waals surface area contributed by atoms with E-state index in [1.807, 2.05) is 13.8 Å². The molecule has 6 heteroatoms. The van der Waals surface area contributed by atoms with Gasteiger partial charge in [-0.05, 0) is 29.3 Å². The van der Waals surface area contributed by atoms with Crippen LogP contribution in [-0.2, 0) is 18.7 Å². The average Bonchev–Trinajstić information content (AvgIpc) is 3.35. The molecule has 2 heterocycles. The molecule has 1 aliphatic carbocycles. The summed E-state index contributed by atoms with van der Waals surface area (Å²) in [6.07, 6.45) is 0.278. The van der Waals surface area contributed by atoms with E-state index in [2.05, 4.69) is 86.6 Å². The van der Waals surface area contributed by atoms with Gasteiger partial charge in [-0.25, -0.2) is 0 Å².